The number of hydrogen-bond donors (Lipinski definition) is 1. The van der Waals surface area contributed by atoms with E-state index < -0.39 is 0 Å². The molecule has 0 radical (unpaired) electrons. The average Bonchev–Trinajstić information content (AvgIpc) is 3.42. The number of carbonyl (C=O) groups is 1. The highest BCUT2D eigenvalue weighted by molar-refractivity contribution is 7.10. The fourth-order valence-electron chi connectivity index (χ4n) is 4.02. The van der Waals surface area contributed by atoms with E-state index in [-0.39, 0.29) is 5.82 Å². The van der Waals surface area contributed by atoms with Crippen LogP contribution in [0.2, 0.25) is 0 Å². The van der Waals surface area contributed by atoms with Gasteiger partial charge in [0.25, 0.3) is 0 Å². The van der Waals surface area contributed by atoms with E-state index in [1.165, 1.54) is 12.1 Å². The number of fused-ring (bicyclic) bond motifs is 1. The van der Waals surface area contributed by atoms with Gasteiger partial charge in [-0.2, -0.15) is 0 Å². The molecule has 1 saturated heterocycles. The maximum atomic E-state index is 13.2. The average molecular weight is 450 g/mol. The number of pyridine rings is 1. The Hall–Kier alpha value is -3.26. The summed E-state index contributed by atoms with van der Waals surface area (Å²) in [6, 6.07) is 10.5. The maximum Gasteiger partial charge on any atom is 0.138 e. The minimum absolute atomic E-state index is 0.249. The first-order valence-corrected chi connectivity index (χ1v) is 11.7. The zero-order chi connectivity index (χ0) is 22.1. The second kappa shape index (κ2) is 8.70. The summed E-state index contributed by atoms with van der Waals surface area (Å²) in [5, 5.41) is 6.48. The standard InChI is InChI=1S/C24H24FN5OS/c1-2-20-24(26-13-23-28-21(15-32-23)16-3-5-17(25)6-4-16)30-14-18(7-8-22(30)27-20)29-11-9-19(31)10-12-29/h3-8,14-15,26H,2,9-13H2,1H3. The van der Waals surface area contributed by atoms with Crippen molar-refractivity contribution >= 4 is 34.3 Å². The van der Waals surface area contributed by atoms with Crippen molar-refractivity contribution in [3.63, 3.8) is 0 Å². The van der Waals surface area contributed by atoms with Gasteiger partial charge in [0, 0.05) is 43.1 Å². The van der Waals surface area contributed by atoms with Crippen LogP contribution in [0.3, 0.4) is 0 Å². The number of anilines is 2. The summed E-state index contributed by atoms with van der Waals surface area (Å²) in [5.74, 6) is 1.06. The number of benzene rings is 1. The maximum absolute atomic E-state index is 13.2. The van der Waals surface area contributed by atoms with Gasteiger partial charge in [0.15, 0.2) is 0 Å². The predicted octanol–water partition coefficient (Wildman–Crippen LogP) is 4.94. The van der Waals surface area contributed by atoms with Gasteiger partial charge in [-0.3, -0.25) is 9.20 Å². The van der Waals surface area contributed by atoms with Crippen molar-refractivity contribution in [2.45, 2.75) is 32.7 Å². The van der Waals surface area contributed by atoms with E-state index in [2.05, 4.69) is 33.8 Å². The van der Waals surface area contributed by atoms with E-state index >= 15 is 0 Å². The lowest BCUT2D eigenvalue weighted by atomic mass is 10.1. The molecule has 1 aliphatic heterocycles. The van der Waals surface area contributed by atoms with Gasteiger partial charge >= 0.3 is 0 Å². The van der Waals surface area contributed by atoms with Crippen LogP contribution in [0, 0.1) is 5.82 Å². The van der Waals surface area contributed by atoms with Crippen LogP contribution in [0.1, 0.15) is 30.5 Å². The van der Waals surface area contributed by atoms with Crippen LogP contribution in [0.5, 0.6) is 0 Å². The first-order valence-electron chi connectivity index (χ1n) is 10.8. The third-order valence-electron chi connectivity index (χ3n) is 5.80. The number of imidazole rings is 1. The molecule has 0 bridgehead atoms. The third kappa shape index (κ3) is 4.10. The highest BCUT2D eigenvalue weighted by Crippen LogP contribution is 2.27. The fourth-order valence-corrected chi connectivity index (χ4v) is 4.76. The molecule has 164 valence electrons. The lowest BCUT2D eigenvalue weighted by Gasteiger charge is -2.28. The molecular formula is C24H24FN5OS. The monoisotopic (exact) mass is 449 g/mol. The molecule has 32 heavy (non-hydrogen) atoms. The number of aromatic nitrogens is 3. The quantitative estimate of drug-likeness (QED) is 0.452. The van der Waals surface area contributed by atoms with Crippen LogP contribution in [-0.2, 0) is 17.8 Å². The van der Waals surface area contributed by atoms with Gasteiger partial charge < -0.3 is 10.2 Å². The lowest BCUT2D eigenvalue weighted by molar-refractivity contribution is -0.119. The molecule has 1 N–H and O–H groups in total. The Labute approximate surface area is 189 Å². The molecule has 8 heteroatoms. The van der Waals surface area contributed by atoms with E-state index in [9.17, 15) is 9.18 Å². The van der Waals surface area contributed by atoms with E-state index in [1.807, 2.05) is 11.4 Å². The highest BCUT2D eigenvalue weighted by Gasteiger charge is 2.18. The SMILES string of the molecule is CCc1nc2ccc(N3CCC(=O)CC3)cn2c1NCc1nc(-c2ccc(F)cc2)cs1. The van der Waals surface area contributed by atoms with Crippen LogP contribution in [-0.4, -0.2) is 33.2 Å². The van der Waals surface area contributed by atoms with E-state index in [4.69, 9.17) is 9.97 Å². The number of halogens is 1. The topological polar surface area (TPSA) is 62.5 Å². The lowest BCUT2D eigenvalue weighted by Crippen LogP contribution is -2.33. The second-order valence-electron chi connectivity index (χ2n) is 7.89. The molecule has 0 aliphatic carbocycles. The summed E-state index contributed by atoms with van der Waals surface area (Å²) in [6.45, 7) is 4.19. The zero-order valence-corrected chi connectivity index (χ0v) is 18.7. The molecule has 1 aromatic carbocycles. The Morgan fingerprint density at radius 2 is 1.88 bits per heavy atom. The molecule has 0 atom stereocenters. The Balaban J connectivity index is 1.38. The Morgan fingerprint density at radius 3 is 2.62 bits per heavy atom. The molecule has 1 fully saturated rings. The summed E-state index contributed by atoms with van der Waals surface area (Å²) in [6.07, 6.45) is 4.13. The second-order valence-corrected chi connectivity index (χ2v) is 8.83. The third-order valence-corrected chi connectivity index (χ3v) is 6.64. The van der Waals surface area contributed by atoms with Crippen LogP contribution in [0.4, 0.5) is 15.9 Å². The summed E-state index contributed by atoms with van der Waals surface area (Å²) in [4.78, 5) is 23.3. The van der Waals surface area contributed by atoms with Gasteiger partial charge in [0.1, 0.15) is 28.1 Å². The van der Waals surface area contributed by atoms with Crippen LogP contribution in [0.25, 0.3) is 16.9 Å². The Morgan fingerprint density at radius 1 is 1.09 bits per heavy atom. The highest BCUT2D eigenvalue weighted by atomic mass is 32.1. The predicted molar refractivity (Wildman–Crippen MR) is 126 cm³/mol. The molecule has 4 heterocycles. The summed E-state index contributed by atoms with van der Waals surface area (Å²) >= 11 is 1.58. The van der Waals surface area contributed by atoms with Gasteiger partial charge in [-0.1, -0.05) is 6.92 Å². The molecule has 4 aromatic rings. The van der Waals surface area contributed by atoms with Gasteiger partial charge in [0.05, 0.1) is 23.6 Å². The molecule has 0 spiro atoms. The first kappa shape index (κ1) is 20.6. The van der Waals surface area contributed by atoms with Crippen molar-refractivity contribution in [1.82, 2.24) is 14.4 Å². The number of nitrogens with zero attached hydrogens (tertiary/aromatic N) is 4. The van der Waals surface area contributed by atoms with Gasteiger partial charge in [-0.05, 0) is 42.8 Å². The van der Waals surface area contributed by atoms with Crippen LogP contribution < -0.4 is 10.2 Å². The minimum Gasteiger partial charge on any atom is -0.369 e. The molecule has 0 saturated carbocycles. The smallest absolute Gasteiger partial charge is 0.138 e. The van der Waals surface area contributed by atoms with E-state index in [1.54, 1.807) is 23.5 Å². The van der Waals surface area contributed by atoms with E-state index in [0.29, 0.717) is 25.2 Å². The summed E-state index contributed by atoms with van der Waals surface area (Å²) < 4.78 is 15.3. The summed E-state index contributed by atoms with van der Waals surface area (Å²) in [5.41, 5.74) is 4.75. The Kier molecular flexibility index (Phi) is 5.61. The number of rotatable bonds is 6. The molecule has 6 nitrogen and oxygen atoms in total. The molecule has 0 amide bonds. The normalized spacial score (nSPS) is 14.3. The van der Waals surface area contributed by atoms with Crippen molar-refractivity contribution in [3.05, 3.63) is 64.5 Å². The van der Waals surface area contributed by atoms with Crippen molar-refractivity contribution < 1.29 is 9.18 Å². The van der Waals surface area contributed by atoms with Crippen LogP contribution in [0.15, 0.2) is 48.0 Å². The molecule has 1 aliphatic rings. The largest absolute Gasteiger partial charge is 0.369 e. The van der Waals surface area contributed by atoms with Crippen molar-refractivity contribution in [3.8, 4) is 11.3 Å². The number of Topliss-reactive ketones (excluding diaryl/α,β-unsaturated/α-hetero) is 1. The van der Waals surface area contributed by atoms with Crippen LogP contribution >= 0.6 is 11.3 Å². The fraction of sp³-hybridized carbons (Fsp3) is 0.292. The van der Waals surface area contributed by atoms with Gasteiger partial charge in [-0.15, -0.1) is 11.3 Å². The number of carbonyl (C=O) groups excluding carboxylic acids is 1. The van der Waals surface area contributed by atoms with Crippen molar-refractivity contribution in [2.75, 3.05) is 23.3 Å². The first-order chi connectivity index (χ1) is 15.6. The van der Waals surface area contributed by atoms with Gasteiger partial charge in [0.2, 0.25) is 0 Å². The van der Waals surface area contributed by atoms with Crippen molar-refractivity contribution in [1.29, 1.82) is 0 Å². The van der Waals surface area contributed by atoms with E-state index in [0.717, 1.165) is 58.6 Å². The Bertz CT molecular complexity index is 1250. The molecule has 3 aromatic heterocycles. The number of ketones is 1. The van der Waals surface area contributed by atoms with Gasteiger partial charge in [-0.25, -0.2) is 14.4 Å². The number of hydrogen-bond acceptors (Lipinski definition) is 6. The number of piperidine rings is 1. The molecule has 5 rings (SSSR count). The number of aryl methyl sites for hydroxylation is 1. The minimum atomic E-state index is -0.249. The van der Waals surface area contributed by atoms with Crippen molar-refractivity contribution in [2.24, 2.45) is 0 Å². The number of nitrogens with one attached hydrogen (secondary N) is 1. The summed E-state index contributed by atoms with van der Waals surface area (Å²) in [7, 11) is 0. The molecule has 0 unspecified atom stereocenters. The zero-order valence-electron chi connectivity index (χ0n) is 17.8. The molecular weight excluding hydrogens is 425 g/mol. The number of thiazole rings is 1.